The van der Waals surface area contributed by atoms with E-state index in [9.17, 15) is 9.59 Å². The second kappa shape index (κ2) is 7.27. The minimum atomic E-state index is -0.314. The van der Waals surface area contributed by atoms with Crippen LogP contribution in [0.25, 0.3) is 0 Å². The van der Waals surface area contributed by atoms with Crippen molar-refractivity contribution in [1.82, 2.24) is 9.80 Å². The van der Waals surface area contributed by atoms with E-state index < -0.39 is 0 Å². The van der Waals surface area contributed by atoms with Crippen molar-refractivity contribution < 1.29 is 9.59 Å². The normalized spacial score (nSPS) is 22.1. The molecule has 0 aromatic rings. The van der Waals surface area contributed by atoms with Gasteiger partial charge < -0.3 is 15.5 Å². The average molecular weight is 304 g/mol. The Kier molecular flexibility index (Phi) is 6.27. The highest BCUT2D eigenvalue weighted by Crippen LogP contribution is 2.38. The first kappa shape index (κ1) is 17.2. The van der Waals surface area contributed by atoms with Gasteiger partial charge in [0.1, 0.15) is 0 Å². The van der Waals surface area contributed by atoms with E-state index in [4.69, 9.17) is 5.73 Å². The molecule has 2 N–H and O–H groups in total. The quantitative estimate of drug-likeness (QED) is 0.828. The Balaban J connectivity index is 0.00000200. The number of carbonyl (C=O) groups is 2. The largest absolute Gasteiger partial charge is 0.341 e. The topological polar surface area (TPSA) is 66.6 Å². The van der Waals surface area contributed by atoms with E-state index >= 15 is 0 Å². The van der Waals surface area contributed by atoms with Crippen molar-refractivity contribution in [3.8, 4) is 0 Å². The fourth-order valence-corrected chi connectivity index (χ4v) is 3.33. The summed E-state index contributed by atoms with van der Waals surface area (Å²) in [6.45, 7) is 4.87. The maximum Gasteiger partial charge on any atom is 0.230 e. The summed E-state index contributed by atoms with van der Waals surface area (Å²) in [4.78, 5) is 27.9. The maximum absolute atomic E-state index is 12.7. The molecule has 0 unspecified atom stereocenters. The predicted octanol–water partition coefficient (Wildman–Crippen LogP) is 1.01. The summed E-state index contributed by atoms with van der Waals surface area (Å²) in [6.07, 6.45) is 4.93. The van der Waals surface area contributed by atoms with Crippen LogP contribution in [-0.4, -0.2) is 54.3 Å². The predicted molar refractivity (Wildman–Crippen MR) is 80.7 cm³/mol. The van der Waals surface area contributed by atoms with Crippen LogP contribution in [0.3, 0.4) is 0 Å². The summed E-state index contributed by atoms with van der Waals surface area (Å²) < 4.78 is 0. The molecule has 1 aliphatic carbocycles. The molecule has 0 atom stereocenters. The van der Waals surface area contributed by atoms with Crippen molar-refractivity contribution >= 4 is 24.2 Å². The van der Waals surface area contributed by atoms with Crippen LogP contribution in [0.4, 0.5) is 0 Å². The Morgan fingerprint density at radius 1 is 1.00 bits per heavy atom. The Bertz CT molecular complexity index is 356. The first-order valence-electron chi connectivity index (χ1n) is 7.34. The molecule has 20 heavy (non-hydrogen) atoms. The average Bonchev–Trinajstić information content (AvgIpc) is 2.75. The molecule has 0 spiro atoms. The van der Waals surface area contributed by atoms with Crippen LogP contribution in [0.5, 0.6) is 0 Å². The van der Waals surface area contributed by atoms with Crippen molar-refractivity contribution in [2.45, 2.75) is 39.0 Å². The zero-order chi connectivity index (χ0) is 13.9. The first-order chi connectivity index (χ1) is 9.09. The molecule has 0 radical (unpaired) electrons. The van der Waals surface area contributed by atoms with E-state index in [-0.39, 0.29) is 29.6 Å². The summed E-state index contributed by atoms with van der Waals surface area (Å²) >= 11 is 0. The van der Waals surface area contributed by atoms with Gasteiger partial charge in [-0.2, -0.15) is 0 Å². The second-order valence-electron chi connectivity index (χ2n) is 5.84. The third-order valence-corrected chi connectivity index (χ3v) is 4.63. The number of carbonyl (C=O) groups excluding carboxylic acids is 2. The van der Waals surface area contributed by atoms with E-state index in [0.29, 0.717) is 19.6 Å². The number of amides is 2. The minimum Gasteiger partial charge on any atom is -0.341 e. The minimum absolute atomic E-state index is 0. The van der Waals surface area contributed by atoms with Crippen LogP contribution in [0.1, 0.15) is 39.0 Å². The van der Waals surface area contributed by atoms with E-state index in [2.05, 4.69) is 0 Å². The van der Waals surface area contributed by atoms with Gasteiger partial charge in [0.25, 0.3) is 0 Å². The van der Waals surface area contributed by atoms with Crippen LogP contribution in [0, 0.1) is 5.41 Å². The van der Waals surface area contributed by atoms with Crippen molar-refractivity contribution in [2.24, 2.45) is 11.1 Å². The lowest BCUT2D eigenvalue weighted by Gasteiger charge is -2.33. The molecular formula is C14H26ClN3O2. The van der Waals surface area contributed by atoms with E-state index in [1.165, 1.54) is 0 Å². The number of nitrogens with zero attached hydrogens (tertiary/aromatic N) is 2. The zero-order valence-corrected chi connectivity index (χ0v) is 13.1. The second-order valence-corrected chi connectivity index (χ2v) is 5.84. The molecular weight excluding hydrogens is 278 g/mol. The van der Waals surface area contributed by atoms with Gasteiger partial charge in [0.2, 0.25) is 11.8 Å². The van der Waals surface area contributed by atoms with Crippen LogP contribution in [0.2, 0.25) is 0 Å². The fraction of sp³-hybridized carbons (Fsp3) is 0.857. The number of rotatable bonds is 2. The lowest BCUT2D eigenvalue weighted by atomic mass is 9.84. The van der Waals surface area contributed by atoms with Crippen LogP contribution >= 0.6 is 12.4 Å². The molecule has 0 bridgehead atoms. The van der Waals surface area contributed by atoms with Gasteiger partial charge in [-0.05, 0) is 19.3 Å². The number of hydrogen-bond donors (Lipinski definition) is 1. The first-order valence-corrected chi connectivity index (χ1v) is 7.34. The monoisotopic (exact) mass is 303 g/mol. The smallest absolute Gasteiger partial charge is 0.230 e. The molecule has 2 rings (SSSR count). The van der Waals surface area contributed by atoms with Gasteiger partial charge in [0.15, 0.2) is 0 Å². The van der Waals surface area contributed by atoms with E-state index in [1.54, 1.807) is 6.92 Å². The van der Waals surface area contributed by atoms with Crippen LogP contribution in [0.15, 0.2) is 0 Å². The van der Waals surface area contributed by atoms with Gasteiger partial charge in [-0.25, -0.2) is 0 Å². The highest BCUT2D eigenvalue weighted by atomic mass is 35.5. The molecule has 1 heterocycles. The molecule has 2 fully saturated rings. The Labute approximate surface area is 127 Å². The molecule has 0 aromatic carbocycles. The number of hydrogen-bond acceptors (Lipinski definition) is 3. The summed E-state index contributed by atoms with van der Waals surface area (Å²) in [6, 6.07) is 0. The molecule has 5 nitrogen and oxygen atoms in total. The lowest BCUT2D eigenvalue weighted by molar-refractivity contribution is -0.141. The van der Waals surface area contributed by atoms with Gasteiger partial charge in [-0.15, -0.1) is 12.4 Å². The Hall–Kier alpha value is -0.810. The summed E-state index contributed by atoms with van der Waals surface area (Å²) in [5.41, 5.74) is 5.56. The maximum atomic E-state index is 12.7. The summed E-state index contributed by atoms with van der Waals surface area (Å²) in [5, 5.41) is 0. The van der Waals surface area contributed by atoms with Gasteiger partial charge in [0.05, 0.1) is 5.41 Å². The third-order valence-electron chi connectivity index (χ3n) is 4.63. The van der Waals surface area contributed by atoms with Gasteiger partial charge >= 0.3 is 0 Å². The number of nitrogens with two attached hydrogens (primary N) is 1. The van der Waals surface area contributed by atoms with Crippen molar-refractivity contribution in [2.75, 3.05) is 32.7 Å². The van der Waals surface area contributed by atoms with Crippen molar-refractivity contribution in [3.05, 3.63) is 0 Å². The Morgan fingerprint density at radius 3 is 2.10 bits per heavy atom. The van der Waals surface area contributed by atoms with Crippen molar-refractivity contribution in [1.29, 1.82) is 0 Å². The van der Waals surface area contributed by atoms with Gasteiger partial charge in [-0.1, -0.05) is 12.8 Å². The van der Waals surface area contributed by atoms with Gasteiger partial charge in [-0.3, -0.25) is 9.59 Å². The molecule has 2 amide bonds. The lowest BCUT2D eigenvalue weighted by Crippen LogP contribution is -2.48. The van der Waals surface area contributed by atoms with Crippen LogP contribution in [-0.2, 0) is 9.59 Å². The summed E-state index contributed by atoms with van der Waals surface area (Å²) in [7, 11) is 0. The fourth-order valence-electron chi connectivity index (χ4n) is 3.33. The third kappa shape index (κ3) is 3.44. The van der Waals surface area contributed by atoms with Crippen molar-refractivity contribution in [3.63, 3.8) is 0 Å². The molecule has 1 aliphatic heterocycles. The number of halogens is 1. The molecule has 6 heteroatoms. The molecule has 1 saturated heterocycles. The Morgan fingerprint density at radius 2 is 1.55 bits per heavy atom. The standard InChI is InChI=1S/C14H25N3O2.ClH/c1-12(18)16-7-4-8-17(10-9-16)13(19)14(11-15)5-2-3-6-14;/h2-11,15H2,1H3;1H. The highest BCUT2D eigenvalue weighted by Gasteiger charge is 2.42. The molecule has 2 aliphatic rings. The SMILES string of the molecule is CC(=O)N1CCCN(C(=O)C2(CN)CCCC2)CC1.Cl. The zero-order valence-electron chi connectivity index (χ0n) is 12.3. The van der Waals surface area contributed by atoms with E-state index in [1.807, 2.05) is 9.80 Å². The highest BCUT2D eigenvalue weighted by molar-refractivity contribution is 5.85. The van der Waals surface area contributed by atoms with Crippen LogP contribution < -0.4 is 5.73 Å². The molecule has 0 aromatic heterocycles. The van der Waals surface area contributed by atoms with Gasteiger partial charge in [0, 0.05) is 39.6 Å². The molecule has 116 valence electrons. The summed E-state index contributed by atoms with van der Waals surface area (Å²) in [5.74, 6) is 0.321. The van der Waals surface area contributed by atoms with E-state index in [0.717, 1.165) is 45.2 Å². The molecule has 1 saturated carbocycles.